The van der Waals surface area contributed by atoms with Gasteiger partial charge in [0.25, 0.3) is 0 Å². The van der Waals surface area contributed by atoms with Crippen molar-refractivity contribution in [3.63, 3.8) is 0 Å². The Balaban J connectivity index is 2.69. The molecule has 0 atom stereocenters. The minimum atomic E-state index is -0.363. The number of nitro groups is 1. The van der Waals surface area contributed by atoms with E-state index in [0.717, 1.165) is 19.5 Å². The molecule has 1 aromatic heterocycles. The van der Waals surface area contributed by atoms with Gasteiger partial charge in [-0.1, -0.05) is 13.8 Å². The van der Waals surface area contributed by atoms with Crippen LogP contribution < -0.4 is 10.6 Å². The van der Waals surface area contributed by atoms with Crippen molar-refractivity contribution < 1.29 is 4.92 Å². The molecule has 0 aliphatic heterocycles. The topological polar surface area (TPSA) is 85.0 Å². The molecule has 1 heterocycles. The Morgan fingerprint density at radius 3 is 2.67 bits per heavy atom. The number of rotatable bonds is 8. The predicted octanol–water partition coefficient (Wildman–Crippen LogP) is 1.30. The molecule has 0 saturated heterocycles. The molecular formula is C11H21N5O2. The van der Waals surface area contributed by atoms with Gasteiger partial charge in [-0.05, 0) is 25.9 Å². The maximum atomic E-state index is 11.0. The Morgan fingerprint density at radius 2 is 2.11 bits per heavy atom. The van der Waals surface area contributed by atoms with E-state index in [0.29, 0.717) is 24.5 Å². The van der Waals surface area contributed by atoms with Crippen LogP contribution in [0.3, 0.4) is 0 Å². The van der Waals surface area contributed by atoms with Crippen LogP contribution in [0.25, 0.3) is 0 Å². The van der Waals surface area contributed by atoms with E-state index in [1.54, 1.807) is 11.7 Å². The Hall–Kier alpha value is -1.63. The summed E-state index contributed by atoms with van der Waals surface area (Å²) >= 11 is 0. The molecule has 0 saturated carbocycles. The van der Waals surface area contributed by atoms with Crippen molar-refractivity contribution in [1.82, 2.24) is 15.1 Å². The maximum Gasteiger partial charge on any atom is 0.333 e. The lowest BCUT2D eigenvalue weighted by molar-refractivity contribution is -0.384. The Kier molecular flexibility index (Phi) is 5.57. The fraction of sp³-hybridized carbons (Fsp3) is 0.727. The first kappa shape index (κ1) is 14.4. The normalized spacial score (nSPS) is 10.6. The number of nitrogens with one attached hydrogen (secondary N) is 2. The highest BCUT2D eigenvalue weighted by molar-refractivity contribution is 5.59. The fourth-order valence-electron chi connectivity index (χ4n) is 1.79. The van der Waals surface area contributed by atoms with Crippen LogP contribution in [0.1, 0.15) is 26.0 Å². The van der Waals surface area contributed by atoms with E-state index in [9.17, 15) is 10.1 Å². The zero-order chi connectivity index (χ0) is 13.5. The second-order valence-corrected chi connectivity index (χ2v) is 4.01. The van der Waals surface area contributed by atoms with Gasteiger partial charge >= 0.3 is 5.69 Å². The van der Waals surface area contributed by atoms with Crippen LogP contribution in [0.2, 0.25) is 0 Å². The summed E-state index contributed by atoms with van der Waals surface area (Å²) in [4.78, 5) is 10.7. The van der Waals surface area contributed by atoms with Crippen LogP contribution >= 0.6 is 0 Å². The van der Waals surface area contributed by atoms with Gasteiger partial charge in [0.15, 0.2) is 0 Å². The highest BCUT2D eigenvalue weighted by Crippen LogP contribution is 2.28. The number of hydrogen-bond donors (Lipinski definition) is 2. The molecule has 0 amide bonds. The molecule has 18 heavy (non-hydrogen) atoms. The van der Waals surface area contributed by atoms with Crippen molar-refractivity contribution in [3.05, 3.63) is 15.8 Å². The van der Waals surface area contributed by atoms with E-state index in [4.69, 9.17) is 0 Å². The molecular weight excluding hydrogens is 234 g/mol. The lowest BCUT2D eigenvalue weighted by Crippen LogP contribution is -2.18. The molecule has 7 nitrogen and oxygen atoms in total. The standard InChI is InChI=1S/C11H21N5O2/c1-4-9-10(16(17)18)11(15(3)14-9)13-8-6-7-12-5-2/h12-13H,4-8H2,1-3H3. The molecule has 0 aliphatic carbocycles. The third-order valence-corrected chi connectivity index (χ3v) is 2.68. The lowest BCUT2D eigenvalue weighted by atomic mass is 10.3. The first-order chi connectivity index (χ1) is 8.61. The molecule has 102 valence electrons. The smallest absolute Gasteiger partial charge is 0.333 e. The molecule has 0 aliphatic rings. The van der Waals surface area contributed by atoms with E-state index in [1.165, 1.54) is 0 Å². The third kappa shape index (κ3) is 3.43. The Morgan fingerprint density at radius 1 is 1.39 bits per heavy atom. The number of aryl methyl sites for hydroxylation is 2. The Bertz CT molecular complexity index is 402. The van der Waals surface area contributed by atoms with Gasteiger partial charge in [0.2, 0.25) is 5.82 Å². The highest BCUT2D eigenvalue weighted by atomic mass is 16.6. The zero-order valence-corrected chi connectivity index (χ0v) is 11.2. The third-order valence-electron chi connectivity index (χ3n) is 2.68. The van der Waals surface area contributed by atoms with Gasteiger partial charge in [-0.3, -0.25) is 10.1 Å². The SMILES string of the molecule is CCNCCCNc1c([N+](=O)[O-])c(CC)nn1C. The summed E-state index contributed by atoms with van der Waals surface area (Å²) < 4.78 is 1.55. The molecule has 0 aromatic carbocycles. The molecule has 1 aromatic rings. The Labute approximate surface area is 107 Å². The van der Waals surface area contributed by atoms with Gasteiger partial charge in [-0.2, -0.15) is 5.10 Å². The maximum absolute atomic E-state index is 11.0. The van der Waals surface area contributed by atoms with Gasteiger partial charge < -0.3 is 10.6 Å². The lowest BCUT2D eigenvalue weighted by Gasteiger charge is -2.06. The summed E-state index contributed by atoms with van der Waals surface area (Å²) in [5.41, 5.74) is 0.625. The molecule has 0 fully saturated rings. The summed E-state index contributed by atoms with van der Waals surface area (Å²) in [6.07, 6.45) is 1.47. The molecule has 0 radical (unpaired) electrons. The first-order valence-corrected chi connectivity index (χ1v) is 6.26. The van der Waals surface area contributed by atoms with Gasteiger partial charge in [-0.25, -0.2) is 4.68 Å². The van der Waals surface area contributed by atoms with Crippen LogP contribution in [0.5, 0.6) is 0 Å². The number of hydrogen-bond acceptors (Lipinski definition) is 5. The van der Waals surface area contributed by atoms with E-state index in [1.807, 2.05) is 13.8 Å². The predicted molar refractivity (Wildman–Crippen MR) is 70.9 cm³/mol. The zero-order valence-electron chi connectivity index (χ0n) is 11.2. The van der Waals surface area contributed by atoms with Crippen LogP contribution in [-0.4, -0.2) is 34.3 Å². The van der Waals surface area contributed by atoms with Crippen molar-refractivity contribution in [3.8, 4) is 0 Å². The molecule has 7 heteroatoms. The number of nitrogens with zero attached hydrogens (tertiary/aromatic N) is 3. The number of anilines is 1. The van der Waals surface area contributed by atoms with E-state index < -0.39 is 0 Å². The van der Waals surface area contributed by atoms with Crippen molar-refractivity contribution in [2.45, 2.75) is 26.7 Å². The molecule has 1 rings (SSSR count). The summed E-state index contributed by atoms with van der Waals surface area (Å²) in [6, 6.07) is 0. The first-order valence-electron chi connectivity index (χ1n) is 6.26. The van der Waals surface area contributed by atoms with E-state index in [2.05, 4.69) is 15.7 Å². The van der Waals surface area contributed by atoms with Gasteiger partial charge in [0, 0.05) is 13.6 Å². The minimum Gasteiger partial charge on any atom is -0.364 e. The average molecular weight is 255 g/mol. The highest BCUT2D eigenvalue weighted by Gasteiger charge is 2.24. The number of aromatic nitrogens is 2. The van der Waals surface area contributed by atoms with Gasteiger partial charge in [0.1, 0.15) is 5.69 Å². The van der Waals surface area contributed by atoms with Crippen molar-refractivity contribution in [2.24, 2.45) is 7.05 Å². The fourth-order valence-corrected chi connectivity index (χ4v) is 1.79. The van der Waals surface area contributed by atoms with Gasteiger partial charge in [0.05, 0.1) is 4.92 Å². The molecule has 0 spiro atoms. The largest absolute Gasteiger partial charge is 0.364 e. The van der Waals surface area contributed by atoms with Crippen LogP contribution in [0.15, 0.2) is 0 Å². The van der Waals surface area contributed by atoms with Gasteiger partial charge in [-0.15, -0.1) is 0 Å². The van der Waals surface area contributed by atoms with E-state index in [-0.39, 0.29) is 10.6 Å². The summed E-state index contributed by atoms with van der Waals surface area (Å²) in [7, 11) is 1.72. The molecule has 0 unspecified atom stereocenters. The van der Waals surface area contributed by atoms with Crippen LogP contribution in [0, 0.1) is 10.1 Å². The van der Waals surface area contributed by atoms with Crippen molar-refractivity contribution in [2.75, 3.05) is 25.0 Å². The van der Waals surface area contributed by atoms with E-state index >= 15 is 0 Å². The van der Waals surface area contributed by atoms with Crippen molar-refractivity contribution >= 4 is 11.5 Å². The quantitative estimate of drug-likeness (QED) is 0.415. The average Bonchev–Trinajstić information content (AvgIpc) is 2.66. The van der Waals surface area contributed by atoms with Crippen molar-refractivity contribution in [1.29, 1.82) is 0 Å². The van der Waals surface area contributed by atoms with Crippen LogP contribution in [0.4, 0.5) is 11.5 Å². The van der Waals surface area contributed by atoms with Crippen LogP contribution in [-0.2, 0) is 13.5 Å². The summed E-state index contributed by atoms with van der Waals surface area (Å²) in [5, 5.41) is 21.5. The summed E-state index contributed by atoms with van der Waals surface area (Å²) in [5.74, 6) is 0.494. The monoisotopic (exact) mass is 255 g/mol. The second-order valence-electron chi connectivity index (χ2n) is 4.01. The summed E-state index contributed by atoms with van der Waals surface area (Å²) in [6.45, 7) is 6.44. The second kappa shape index (κ2) is 6.95. The minimum absolute atomic E-state index is 0.100. The molecule has 0 bridgehead atoms. The molecule has 2 N–H and O–H groups in total.